The van der Waals surface area contributed by atoms with Crippen LogP contribution < -0.4 is 5.32 Å². The third kappa shape index (κ3) is 3.54. The predicted octanol–water partition coefficient (Wildman–Crippen LogP) is 3.85. The second-order valence-corrected chi connectivity index (χ2v) is 5.91. The monoisotopic (exact) mass is 282 g/mol. The molecule has 1 N–H and O–H groups in total. The van der Waals surface area contributed by atoms with E-state index in [-0.39, 0.29) is 11.9 Å². The van der Waals surface area contributed by atoms with Crippen LogP contribution in [0.4, 0.5) is 4.39 Å². The Labute approximate surface area is 115 Å². The minimum Gasteiger partial charge on any atom is -0.312 e. The minimum absolute atomic E-state index is 0.191. The van der Waals surface area contributed by atoms with E-state index in [1.165, 1.54) is 6.07 Å². The summed E-state index contributed by atoms with van der Waals surface area (Å²) in [5.41, 5.74) is 1.07. The van der Waals surface area contributed by atoms with Crippen LogP contribution in [0.2, 0.25) is 0 Å². The van der Waals surface area contributed by atoms with E-state index in [9.17, 15) is 4.39 Å². The van der Waals surface area contributed by atoms with Gasteiger partial charge in [0.1, 0.15) is 10.8 Å². The van der Waals surface area contributed by atoms with Crippen molar-refractivity contribution < 1.29 is 4.39 Å². The van der Waals surface area contributed by atoms with Crippen molar-refractivity contribution in [2.75, 3.05) is 7.05 Å². The molecule has 1 aromatic heterocycles. The first kappa shape index (κ1) is 13.5. The molecule has 2 aromatic rings. The maximum Gasteiger partial charge on any atom is 0.124 e. The van der Waals surface area contributed by atoms with E-state index >= 15 is 0 Å². The minimum atomic E-state index is -0.191. The van der Waals surface area contributed by atoms with Crippen LogP contribution in [0.3, 0.4) is 0 Å². The molecule has 1 unspecified atom stereocenters. The standard InChI is InChI=1S/C13H15FN2S2/c1-9(15-2)12-7-18-13(16-12)8-17-11-5-3-4-10(14)6-11/h3-7,9,15H,8H2,1-2H3. The van der Waals surface area contributed by atoms with E-state index in [1.807, 2.05) is 13.1 Å². The van der Waals surface area contributed by atoms with Crippen molar-refractivity contribution >= 4 is 23.1 Å². The zero-order valence-corrected chi connectivity index (χ0v) is 11.9. The summed E-state index contributed by atoms with van der Waals surface area (Å²) in [7, 11) is 1.92. The normalized spacial score (nSPS) is 12.6. The smallest absolute Gasteiger partial charge is 0.124 e. The Morgan fingerprint density at radius 1 is 1.50 bits per heavy atom. The van der Waals surface area contributed by atoms with E-state index < -0.39 is 0 Å². The molecule has 1 aromatic carbocycles. The lowest BCUT2D eigenvalue weighted by molar-refractivity contribution is 0.624. The molecule has 0 fully saturated rings. The van der Waals surface area contributed by atoms with Gasteiger partial charge in [-0.2, -0.15) is 0 Å². The van der Waals surface area contributed by atoms with Gasteiger partial charge in [-0.15, -0.1) is 23.1 Å². The first-order chi connectivity index (χ1) is 8.69. The quantitative estimate of drug-likeness (QED) is 0.843. The number of thiazole rings is 1. The lowest BCUT2D eigenvalue weighted by atomic mass is 10.3. The van der Waals surface area contributed by atoms with E-state index in [2.05, 4.69) is 22.6 Å². The van der Waals surface area contributed by atoms with E-state index in [4.69, 9.17) is 0 Å². The highest BCUT2D eigenvalue weighted by atomic mass is 32.2. The van der Waals surface area contributed by atoms with Gasteiger partial charge in [-0.05, 0) is 32.2 Å². The second-order valence-electron chi connectivity index (χ2n) is 3.92. The van der Waals surface area contributed by atoms with Gasteiger partial charge in [0.2, 0.25) is 0 Å². The van der Waals surface area contributed by atoms with Crippen LogP contribution in [0, 0.1) is 5.82 Å². The van der Waals surface area contributed by atoms with Gasteiger partial charge >= 0.3 is 0 Å². The Balaban J connectivity index is 1.96. The summed E-state index contributed by atoms with van der Waals surface area (Å²) < 4.78 is 13.0. The van der Waals surface area contributed by atoms with E-state index in [1.54, 1.807) is 35.2 Å². The summed E-state index contributed by atoms with van der Waals surface area (Å²) in [6.45, 7) is 2.08. The molecule has 1 heterocycles. The van der Waals surface area contributed by atoms with Crippen molar-refractivity contribution in [2.24, 2.45) is 0 Å². The topological polar surface area (TPSA) is 24.9 Å². The molecule has 0 amide bonds. The number of benzene rings is 1. The third-order valence-electron chi connectivity index (χ3n) is 2.60. The van der Waals surface area contributed by atoms with Gasteiger partial charge in [-0.1, -0.05) is 6.07 Å². The molecule has 0 aliphatic carbocycles. The highest BCUT2D eigenvalue weighted by Crippen LogP contribution is 2.26. The number of halogens is 1. The van der Waals surface area contributed by atoms with Crippen molar-refractivity contribution in [3.63, 3.8) is 0 Å². The molecule has 5 heteroatoms. The average Bonchev–Trinajstić information content (AvgIpc) is 2.84. The SMILES string of the molecule is CNC(C)c1csc(CSc2cccc(F)c2)n1. The second kappa shape index (κ2) is 6.31. The van der Waals surface area contributed by atoms with Gasteiger partial charge in [0.05, 0.1) is 11.4 Å². The molecule has 0 radical (unpaired) electrons. The Morgan fingerprint density at radius 2 is 2.33 bits per heavy atom. The number of nitrogens with zero attached hydrogens (tertiary/aromatic N) is 1. The van der Waals surface area contributed by atoms with Gasteiger partial charge in [0.15, 0.2) is 0 Å². The Bertz CT molecular complexity index is 513. The van der Waals surface area contributed by atoms with Crippen LogP contribution in [0.5, 0.6) is 0 Å². The molecule has 0 saturated carbocycles. The molecule has 96 valence electrons. The number of nitrogens with one attached hydrogen (secondary N) is 1. The number of aromatic nitrogens is 1. The maximum absolute atomic E-state index is 13.0. The average molecular weight is 282 g/mol. The summed E-state index contributed by atoms with van der Waals surface area (Å²) in [6, 6.07) is 6.93. The molecule has 2 nitrogen and oxygen atoms in total. The number of hydrogen-bond acceptors (Lipinski definition) is 4. The molecule has 0 bridgehead atoms. The van der Waals surface area contributed by atoms with Crippen LogP contribution in [0.15, 0.2) is 34.5 Å². The number of thioether (sulfide) groups is 1. The van der Waals surface area contributed by atoms with Gasteiger partial charge < -0.3 is 5.32 Å². The fraction of sp³-hybridized carbons (Fsp3) is 0.308. The Morgan fingerprint density at radius 3 is 3.06 bits per heavy atom. The fourth-order valence-electron chi connectivity index (χ4n) is 1.44. The highest BCUT2D eigenvalue weighted by Gasteiger charge is 2.08. The van der Waals surface area contributed by atoms with Crippen LogP contribution in [0.25, 0.3) is 0 Å². The van der Waals surface area contributed by atoms with Crippen LogP contribution in [0.1, 0.15) is 23.7 Å². The highest BCUT2D eigenvalue weighted by molar-refractivity contribution is 7.98. The lowest BCUT2D eigenvalue weighted by Gasteiger charge is -2.05. The molecule has 2 rings (SSSR count). The first-order valence-electron chi connectivity index (χ1n) is 5.69. The largest absolute Gasteiger partial charge is 0.312 e. The van der Waals surface area contributed by atoms with E-state index in [0.717, 1.165) is 21.3 Å². The Kier molecular flexibility index (Phi) is 4.74. The first-order valence-corrected chi connectivity index (χ1v) is 7.55. The van der Waals surface area contributed by atoms with Gasteiger partial charge in [-0.3, -0.25) is 0 Å². The van der Waals surface area contributed by atoms with Gasteiger partial charge in [0.25, 0.3) is 0 Å². The van der Waals surface area contributed by atoms with Crippen molar-refractivity contribution in [1.82, 2.24) is 10.3 Å². The maximum atomic E-state index is 13.0. The van der Waals surface area contributed by atoms with Crippen LogP contribution in [-0.4, -0.2) is 12.0 Å². The van der Waals surface area contributed by atoms with Crippen molar-refractivity contribution in [3.05, 3.63) is 46.2 Å². The van der Waals surface area contributed by atoms with Gasteiger partial charge in [0, 0.05) is 16.3 Å². The fourth-order valence-corrected chi connectivity index (χ4v) is 3.29. The van der Waals surface area contributed by atoms with Crippen molar-refractivity contribution in [1.29, 1.82) is 0 Å². The summed E-state index contributed by atoms with van der Waals surface area (Å²) in [5, 5.41) is 6.31. The van der Waals surface area contributed by atoms with Crippen LogP contribution in [-0.2, 0) is 5.75 Å². The zero-order valence-electron chi connectivity index (χ0n) is 10.3. The van der Waals surface area contributed by atoms with Crippen LogP contribution >= 0.6 is 23.1 Å². The molecule has 1 atom stereocenters. The van der Waals surface area contributed by atoms with E-state index in [0.29, 0.717) is 0 Å². The molecule has 0 saturated heterocycles. The summed E-state index contributed by atoms with van der Waals surface area (Å²) >= 11 is 3.26. The summed E-state index contributed by atoms with van der Waals surface area (Å²) in [5.74, 6) is 0.591. The number of rotatable bonds is 5. The lowest BCUT2D eigenvalue weighted by Crippen LogP contribution is -2.12. The Hall–Kier alpha value is -0.910. The molecular formula is C13H15FN2S2. The van der Waals surface area contributed by atoms with Crippen molar-refractivity contribution in [2.45, 2.75) is 23.6 Å². The molecule has 18 heavy (non-hydrogen) atoms. The molecule has 0 spiro atoms. The predicted molar refractivity (Wildman–Crippen MR) is 75.5 cm³/mol. The summed E-state index contributed by atoms with van der Waals surface area (Å²) in [4.78, 5) is 5.50. The molecule has 0 aliphatic rings. The third-order valence-corrected chi connectivity index (χ3v) is 4.66. The molecular weight excluding hydrogens is 267 g/mol. The van der Waals surface area contributed by atoms with Crippen molar-refractivity contribution in [3.8, 4) is 0 Å². The number of hydrogen-bond donors (Lipinski definition) is 1. The zero-order chi connectivity index (χ0) is 13.0. The van der Waals surface area contributed by atoms with Gasteiger partial charge in [-0.25, -0.2) is 9.37 Å². The molecule has 0 aliphatic heterocycles. The summed E-state index contributed by atoms with van der Waals surface area (Å²) in [6.07, 6.45) is 0.